The minimum absolute atomic E-state index is 0.125. The maximum Gasteiger partial charge on any atom is 0.325 e. The number of carbonyl (C=O) groups excluding carboxylic acids is 2. The van der Waals surface area contributed by atoms with E-state index in [-0.39, 0.29) is 12.5 Å². The summed E-state index contributed by atoms with van der Waals surface area (Å²) in [6, 6.07) is 1.36. The van der Waals surface area contributed by atoms with Crippen LogP contribution in [0.4, 0.5) is 0 Å². The summed E-state index contributed by atoms with van der Waals surface area (Å²) in [4.78, 5) is 22.5. The van der Waals surface area contributed by atoms with Crippen LogP contribution in [0.15, 0.2) is 12.3 Å². The molecule has 1 heterocycles. The van der Waals surface area contributed by atoms with E-state index in [0.29, 0.717) is 0 Å². The van der Waals surface area contributed by atoms with E-state index in [1.54, 1.807) is 17.8 Å². The fraction of sp³-hybridized carbons (Fsp3) is 0.500. The van der Waals surface area contributed by atoms with Gasteiger partial charge in [0.05, 0.1) is 7.11 Å². The molecule has 88 valence electrons. The highest BCUT2D eigenvalue weighted by Crippen LogP contribution is 2.07. The molecule has 1 aromatic rings. The van der Waals surface area contributed by atoms with Gasteiger partial charge >= 0.3 is 5.97 Å². The summed E-state index contributed by atoms with van der Waals surface area (Å²) in [5.74, 6) is -0.741. The molecule has 0 spiro atoms. The van der Waals surface area contributed by atoms with E-state index in [2.05, 4.69) is 15.2 Å². The highest BCUT2D eigenvalue weighted by molar-refractivity contribution is 5.84. The van der Waals surface area contributed by atoms with Gasteiger partial charge in [-0.15, -0.1) is 0 Å². The van der Waals surface area contributed by atoms with Crippen molar-refractivity contribution >= 4 is 11.9 Å². The highest BCUT2D eigenvalue weighted by Gasteiger charge is 2.17. The average Bonchev–Trinajstić information content (AvgIpc) is 2.70. The molecule has 0 saturated heterocycles. The monoisotopic (exact) mass is 225 g/mol. The molecule has 1 aromatic heterocycles. The third-order valence-electron chi connectivity index (χ3n) is 2.25. The minimum atomic E-state index is -0.474. The normalized spacial score (nSPS) is 11.9. The largest absolute Gasteiger partial charge is 0.468 e. The van der Waals surface area contributed by atoms with Crippen molar-refractivity contribution in [2.45, 2.75) is 19.9 Å². The molecule has 0 bridgehead atoms. The maximum absolute atomic E-state index is 11.6. The smallest absolute Gasteiger partial charge is 0.325 e. The number of rotatable bonds is 4. The lowest BCUT2D eigenvalue weighted by Crippen LogP contribution is -2.35. The Morgan fingerprint density at radius 3 is 2.81 bits per heavy atom. The van der Waals surface area contributed by atoms with Gasteiger partial charge in [-0.1, -0.05) is 0 Å². The topological polar surface area (TPSA) is 73.2 Å². The van der Waals surface area contributed by atoms with Crippen molar-refractivity contribution in [3.05, 3.63) is 18.0 Å². The lowest BCUT2D eigenvalue weighted by molar-refractivity contribution is -0.141. The summed E-state index contributed by atoms with van der Waals surface area (Å²) in [6.45, 7) is 3.45. The Morgan fingerprint density at radius 2 is 2.31 bits per heavy atom. The van der Waals surface area contributed by atoms with Crippen molar-refractivity contribution in [3.8, 4) is 0 Å². The summed E-state index contributed by atoms with van der Waals surface area (Å²) in [6.07, 6.45) is 1.62. The Morgan fingerprint density at radius 1 is 1.62 bits per heavy atom. The number of nitrogens with one attached hydrogen (secondary N) is 1. The molecule has 0 aliphatic rings. The second-order valence-corrected chi connectivity index (χ2v) is 3.39. The number of hydrogen-bond acceptors (Lipinski definition) is 4. The third-order valence-corrected chi connectivity index (χ3v) is 2.25. The standard InChI is InChI=1S/C10H15N3O3/c1-7-4-5-12-13(7)8(2)10(15)11-6-9(14)16-3/h4-5,8H,6H2,1-3H3,(H,11,15). The molecule has 0 aromatic carbocycles. The molecule has 0 saturated carbocycles. The number of aromatic nitrogens is 2. The lowest BCUT2D eigenvalue weighted by Gasteiger charge is -2.13. The van der Waals surface area contributed by atoms with E-state index in [4.69, 9.17) is 0 Å². The summed E-state index contributed by atoms with van der Waals surface area (Å²) in [5, 5.41) is 6.50. The van der Waals surface area contributed by atoms with Crippen molar-refractivity contribution in [2.24, 2.45) is 0 Å². The zero-order valence-electron chi connectivity index (χ0n) is 9.56. The molecule has 0 radical (unpaired) electrons. The number of hydrogen-bond donors (Lipinski definition) is 1. The molecule has 1 atom stereocenters. The number of esters is 1. The van der Waals surface area contributed by atoms with Crippen LogP contribution in [0.5, 0.6) is 0 Å². The quantitative estimate of drug-likeness (QED) is 0.734. The van der Waals surface area contributed by atoms with Crippen LogP contribution < -0.4 is 5.32 Å². The van der Waals surface area contributed by atoms with E-state index in [1.165, 1.54) is 7.11 Å². The molecule has 6 nitrogen and oxygen atoms in total. The number of nitrogens with zero attached hydrogens (tertiary/aromatic N) is 2. The van der Waals surface area contributed by atoms with Gasteiger partial charge in [0.1, 0.15) is 12.6 Å². The van der Waals surface area contributed by atoms with Crippen LogP contribution in [0.1, 0.15) is 18.7 Å². The molecule has 1 rings (SSSR count). The number of aryl methyl sites for hydroxylation is 1. The van der Waals surface area contributed by atoms with Gasteiger partial charge in [0.15, 0.2) is 0 Å². The van der Waals surface area contributed by atoms with Gasteiger partial charge in [0.25, 0.3) is 0 Å². The van der Waals surface area contributed by atoms with Crippen LogP contribution >= 0.6 is 0 Å². The van der Waals surface area contributed by atoms with Crippen LogP contribution in [-0.2, 0) is 14.3 Å². The molecule has 1 amide bonds. The number of amides is 1. The first-order valence-electron chi connectivity index (χ1n) is 4.91. The highest BCUT2D eigenvalue weighted by atomic mass is 16.5. The molecule has 16 heavy (non-hydrogen) atoms. The van der Waals surface area contributed by atoms with Crippen LogP contribution in [0.2, 0.25) is 0 Å². The van der Waals surface area contributed by atoms with E-state index >= 15 is 0 Å². The van der Waals surface area contributed by atoms with Crippen LogP contribution in [0, 0.1) is 6.92 Å². The summed E-state index contributed by atoms with van der Waals surface area (Å²) >= 11 is 0. The summed E-state index contributed by atoms with van der Waals surface area (Å²) in [7, 11) is 1.27. The third kappa shape index (κ3) is 2.82. The van der Waals surface area contributed by atoms with E-state index in [9.17, 15) is 9.59 Å². The van der Waals surface area contributed by atoms with Gasteiger partial charge in [-0.3, -0.25) is 14.3 Å². The second-order valence-electron chi connectivity index (χ2n) is 3.39. The van der Waals surface area contributed by atoms with Crippen LogP contribution in [0.25, 0.3) is 0 Å². The Balaban J connectivity index is 2.55. The fourth-order valence-electron chi connectivity index (χ4n) is 1.28. The molecular weight excluding hydrogens is 210 g/mol. The van der Waals surface area contributed by atoms with Crippen molar-refractivity contribution in [1.82, 2.24) is 15.1 Å². The van der Waals surface area contributed by atoms with Crippen molar-refractivity contribution in [3.63, 3.8) is 0 Å². The van der Waals surface area contributed by atoms with Crippen LogP contribution in [0.3, 0.4) is 0 Å². The average molecular weight is 225 g/mol. The Hall–Kier alpha value is -1.85. The molecule has 0 aliphatic carbocycles. The van der Waals surface area contributed by atoms with Gasteiger partial charge in [0, 0.05) is 11.9 Å². The first kappa shape index (κ1) is 12.2. The van der Waals surface area contributed by atoms with Gasteiger partial charge in [0.2, 0.25) is 5.91 Å². The summed E-state index contributed by atoms with van der Waals surface area (Å²) < 4.78 is 6.01. The first-order chi connectivity index (χ1) is 7.56. The van der Waals surface area contributed by atoms with E-state index < -0.39 is 12.0 Å². The Bertz CT molecular complexity index is 386. The molecule has 1 unspecified atom stereocenters. The predicted octanol–water partition coefficient (Wildman–Crippen LogP) is 0.0417. The predicted molar refractivity (Wildman–Crippen MR) is 56.7 cm³/mol. The molecule has 0 aliphatic heterocycles. The van der Waals surface area contributed by atoms with Gasteiger partial charge in [-0.2, -0.15) is 5.10 Å². The zero-order valence-corrected chi connectivity index (χ0v) is 9.56. The number of carbonyl (C=O) groups is 2. The number of ether oxygens (including phenoxy) is 1. The van der Waals surface area contributed by atoms with E-state index in [0.717, 1.165) is 5.69 Å². The second kappa shape index (κ2) is 5.29. The maximum atomic E-state index is 11.6. The molecule has 6 heteroatoms. The fourth-order valence-corrected chi connectivity index (χ4v) is 1.28. The molecule has 0 fully saturated rings. The Kier molecular flexibility index (Phi) is 4.04. The van der Waals surface area contributed by atoms with Gasteiger partial charge in [-0.25, -0.2) is 0 Å². The lowest BCUT2D eigenvalue weighted by atomic mass is 10.3. The SMILES string of the molecule is COC(=O)CNC(=O)C(C)n1nccc1C. The molecule has 1 N–H and O–H groups in total. The number of methoxy groups -OCH3 is 1. The minimum Gasteiger partial charge on any atom is -0.468 e. The van der Waals surface area contributed by atoms with Crippen molar-refractivity contribution < 1.29 is 14.3 Å². The van der Waals surface area contributed by atoms with Crippen LogP contribution in [-0.4, -0.2) is 35.3 Å². The van der Waals surface area contributed by atoms with Crippen molar-refractivity contribution in [2.75, 3.05) is 13.7 Å². The Labute approximate surface area is 93.6 Å². The van der Waals surface area contributed by atoms with Gasteiger partial charge < -0.3 is 10.1 Å². The zero-order chi connectivity index (χ0) is 12.1. The van der Waals surface area contributed by atoms with Gasteiger partial charge in [-0.05, 0) is 19.9 Å². The van der Waals surface area contributed by atoms with Crippen molar-refractivity contribution in [1.29, 1.82) is 0 Å². The van der Waals surface area contributed by atoms with E-state index in [1.807, 2.05) is 13.0 Å². The molecular formula is C10H15N3O3. The first-order valence-corrected chi connectivity index (χ1v) is 4.91. The summed E-state index contributed by atoms with van der Waals surface area (Å²) in [5.41, 5.74) is 0.890.